The zero-order chi connectivity index (χ0) is 14.7. The highest BCUT2D eigenvalue weighted by Gasteiger charge is 2.13. The SMILES string of the molecule is CNc1cc([N+](=O)[O-])cc(-c2ccc(OC)c(F)c2)n1. The molecule has 0 radical (unpaired) electrons. The summed E-state index contributed by atoms with van der Waals surface area (Å²) in [4.78, 5) is 14.5. The van der Waals surface area contributed by atoms with Crippen LogP contribution in [0.4, 0.5) is 15.9 Å². The number of nitrogens with one attached hydrogen (secondary N) is 1. The number of halogens is 1. The standard InChI is InChI=1S/C13H12FN3O3/c1-15-13-7-9(17(18)19)6-11(16-13)8-3-4-12(20-2)10(14)5-8/h3-7H,1-2H3,(H,15,16). The second-order valence-corrected chi connectivity index (χ2v) is 3.95. The number of nitrogens with zero attached hydrogens (tertiary/aromatic N) is 2. The number of hydrogen-bond donors (Lipinski definition) is 1. The van der Waals surface area contributed by atoms with Crippen LogP contribution >= 0.6 is 0 Å². The average Bonchev–Trinajstić information content (AvgIpc) is 2.46. The molecule has 0 aliphatic rings. The number of pyridine rings is 1. The van der Waals surface area contributed by atoms with Gasteiger partial charge in [0.2, 0.25) is 0 Å². The van der Waals surface area contributed by atoms with Crippen molar-refractivity contribution < 1.29 is 14.1 Å². The van der Waals surface area contributed by atoms with Crippen LogP contribution in [0.25, 0.3) is 11.3 Å². The van der Waals surface area contributed by atoms with Gasteiger partial charge in [0.15, 0.2) is 11.6 Å². The van der Waals surface area contributed by atoms with Crippen molar-refractivity contribution in [3.05, 3.63) is 46.3 Å². The Morgan fingerprint density at radius 3 is 2.65 bits per heavy atom. The van der Waals surface area contributed by atoms with E-state index in [1.807, 2.05) is 0 Å². The van der Waals surface area contributed by atoms with Crippen molar-refractivity contribution in [2.75, 3.05) is 19.5 Å². The van der Waals surface area contributed by atoms with E-state index in [-0.39, 0.29) is 11.4 Å². The third-order valence-corrected chi connectivity index (χ3v) is 2.72. The summed E-state index contributed by atoms with van der Waals surface area (Å²) in [7, 11) is 2.97. The molecule has 0 bridgehead atoms. The second-order valence-electron chi connectivity index (χ2n) is 3.95. The summed E-state index contributed by atoms with van der Waals surface area (Å²) in [6.45, 7) is 0. The van der Waals surface area contributed by atoms with Crippen LogP contribution < -0.4 is 10.1 Å². The van der Waals surface area contributed by atoms with Crippen molar-refractivity contribution in [3.63, 3.8) is 0 Å². The van der Waals surface area contributed by atoms with E-state index in [1.54, 1.807) is 13.1 Å². The van der Waals surface area contributed by atoms with E-state index < -0.39 is 10.7 Å². The number of aromatic nitrogens is 1. The van der Waals surface area contributed by atoms with Crippen molar-refractivity contribution in [2.45, 2.75) is 0 Å². The Bertz CT molecular complexity index is 661. The highest BCUT2D eigenvalue weighted by Crippen LogP contribution is 2.28. The highest BCUT2D eigenvalue weighted by molar-refractivity contribution is 5.66. The van der Waals surface area contributed by atoms with Crippen LogP contribution in [0.5, 0.6) is 5.75 Å². The molecule has 0 aliphatic heterocycles. The molecule has 2 aromatic rings. The van der Waals surface area contributed by atoms with Crippen LogP contribution in [0.1, 0.15) is 0 Å². The lowest BCUT2D eigenvalue weighted by Crippen LogP contribution is -1.98. The maximum atomic E-state index is 13.7. The number of nitro groups is 1. The van der Waals surface area contributed by atoms with Crippen LogP contribution in [0.15, 0.2) is 30.3 Å². The van der Waals surface area contributed by atoms with Gasteiger partial charge in [-0.15, -0.1) is 0 Å². The van der Waals surface area contributed by atoms with Crippen LogP contribution in [-0.4, -0.2) is 24.1 Å². The predicted molar refractivity (Wildman–Crippen MR) is 72.4 cm³/mol. The van der Waals surface area contributed by atoms with Crippen molar-refractivity contribution in [2.24, 2.45) is 0 Å². The van der Waals surface area contributed by atoms with Crippen LogP contribution in [0.3, 0.4) is 0 Å². The van der Waals surface area contributed by atoms with Gasteiger partial charge in [0, 0.05) is 18.7 Å². The third-order valence-electron chi connectivity index (χ3n) is 2.72. The van der Waals surface area contributed by atoms with Crippen LogP contribution in [0.2, 0.25) is 0 Å². The van der Waals surface area contributed by atoms with E-state index in [0.29, 0.717) is 17.1 Å². The third kappa shape index (κ3) is 2.66. The minimum Gasteiger partial charge on any atom is -0.494 e. The Morgan fingerprint density at radius 2 is 2.10 bits per heavy atom. The lowest BCUT2D eigenvalue weighted by Gasteiger charge is -2.07. The second kappa shape index (κ2) is 5.52. The molecule has 0 saturated carbocycles. The molecular formula is C13H12FN3O3. The summed E-state index contributed by atoms with van der Waals surface area (Å²) in [6, 6.07) is 6.87. The topological polar surface area (TPSA) is 77.3 Å². The first kappa shape index (κ1) is 13.7. The van der Waals surface area contributed by atoms with Gasteiger partial charge in [-0.1, -0.05) is 0 Å². The molecule has 0 spiro atoms. The highest BCUT2D eigenvalue weighted by atomic mass is 19.1. The quantitative estimate of drug-likeness (QED) is 0.686. The molecule has 1 aromatic carbocycles. The molecule has 0 saturated heterocycles. The van der Waals surface area contributed by atoms with Gasteiger partial charge in [-0.25, -0.2) is 9.37 Å². The number of rotatable bonds is 4. The smallest absolute Gasteiger partial charge is 0.275 e. The summed E-state index contributed by atoms with van der Waals surface area (Å²) < 4.78 is 18.5. The van der Waals surface area contributed by atoms with Crippen LogP contribution in [-0.2, 0) is 0 Å². The van der Waals surface area contributed by atoms with Gasteiger partial charge in [0.05, 0.1) is 23.8 Å². The zero-order valence-electron chi connectivity index (χ0n) is 10.9. The fourth-order valence-corrected chi connectivity index (χ4v) is 1.72. The molecule has 2 rings (SSSR count). The van der Waals surface area contributed by atoms with E-state index in [0.717, 1.165) is 0 Å². The summed E-state index contributed by atoms with van der Waals surface area (Å²) in [5.41, 5.74) is 0.629. The normalized spacial score (nSPS) is 10.2. The van der Waals surface area contributed by atoms with Gasteiger partial charge in [-0.05, 0) is 18.2 Å². The number of methoxy groups -OCH3 is 1. The largest absolute Gasteiger partial charge is 0.494 e. The predicted octanol–water partition coefficient (Wildman–Crippen LogP) is 2.85. The maximum absolute atomic E-state index is 13.7. The minimum absolute atomic E-state index is 0.105. The molecule has 20 heavy (non-hydrogen) atoms. The average molecular weight is 277 g/mol. The van der Waals surface area contributed by atoms with E-state index in [4.69, 9.17) is 4.74 Å². The molecule has 7 heteroatoms. The molecule has 0 aliphatic carbocycles. The molecular weight excluding hydrogens is 265 g/mol. The fourth-order valence-electron chi connectivity index (χ4n) is 1.72. The van der Waals surface area contributed by atoms with E-state index in [2.05, 4.69) is 10.3 Å². The minimum atomic E-state index is -0.552. The number of ether oxygens (including phenoxy) is 1. The molecule has 0 unspecified atom stereocenters. The molecule has 0 fully saturated rings. The van der Waals surface area contributed by atoms with Crippen molar-refractivity contribution in [1.82, 2.24) is 4.98 Å². The van der Waals surface area contributed by atoms with E-state index >= 15 is 0 Å². The Balaban J connectivity index is 2.54. The summed E-state index contributed by atoms with van der Waals surface area (Å²) >= 11 is 0. The number of hydrogen-bond acceptors (Lipinski definition) is 5. The lowest BCUT2D eigenvalue weighted by molar-refractivity contribution is -0.384. The zero-order valence-corrected chi connectivity index (χ0v) is 10.9. The Morgan fingerprint density at radius 1 is 1.35 bits per heavy atom. The van der Waals surface area contributed by atoms with Gasteiger partial charge in [0.1, 0.15) is 5.82 Å². The molecule has 0 amide bonds. The summed E-state index contributed by atoms with van der Waals surface area (Å²) in [6.07, 6.45) is 0. The Labute approximate surface area is 114 Å². The fraction of sp³-hybridized carbons (Fsp3) is 0.154. The molecule has 6 nitrogen and oxygen atoms in total. The maximum Gasteiger partial charge on any atom is 0.275 e. The van der Waals surface area contributed by atoms with Gasteiger partial charge in [-0.2, -0.15) is 0 Å². The first-order valence-corrected chi connectivity index (χ1v) is 5.73. The van der Waals surface area contributed by atoms with Crippen molar-refractivity contribution in [1.29, 1.82) is 0 Å². The monoisotopic (exact) mass is 277 g/mol. The molecule has 104 valence electrons. The van der Waals surface area contributed by atoms with Crippen molar-refractivity contribution in [3.8, 4) is 17.0 Å². The first-order chi connectivity index (χ1) is 9.55. The van der Waals surface area contributed by atoms with Crippen molar-refractivity contribution >= 4 is 11.5 Å². The van der Waals surface area contributed by atoms with Crippen LogP contribution in [0, 0.1) is 15.9 Å². The number of benzene rings is 1. The molecule has 1 aromatic heterocycles. The summed E-state index contributed by atoms with van der Waals surface area (Å²) in [5, 5.41) is 13.6. The van der Waals surface area contributed by atoms with Gasteiger partial charge < -0.3 is 10.1 Å². The molecule has 1 N–H and O–H groups in total. The summed E-state index contributed by atoms with van der Waals surface area (Å²) in [5.74, 6) is -0.109. The Kier molecular flexibility index (Phi) is 3.79. The van der Waals surface area contributed by atoms with E-state index in [1.165, 1.54) is 31.4 Å². The van der Waals surface area contributed by atoms with Gasteiger partial charge >= 0.3 is 0 Å². The Hall–Kier alpha value is -2.70. The molecule has 1 heterocycles. The van der Waals surface area contributed by atoms with E-state index in [9.17, 15) is 14.5 Å². The van der Waals surface area contributed by atoms with Gasteiger partial charge in [0.25, 0.3) is 5.69 Å². The number of anilines is 1. The van der Waals surface area contributed by atoms with Gasteiger partial charge in [-0.3, -0.25) is 10.1 Å². The lowest BCUT2D eigenvalue weighted by atomic mass is 10.1. The first-order valence-electron chi connectivity index (χ1n) is 5.73. The molecule has 0 atom stereocenters.